The van der Waals surface area contributed by atoms with Crippen molar-refractivity contribution in [2.24, 2.45) is 0 Å². The van der Waals surface area contributed by atoms with Gasteiger partial charge >= 0.3 is 0 Å². The van der Waals surface area contributed by atoms with Crippen LogP contribution in [0.1, 0.15) is 30.3 Å². The third-order valence-electron chi connectivity index (χ3n) is 3.67. The Morgan fingerprint density at radius 2 is 1.95 bits per heavy atom. The first kappa shape index (κ1) is 14.6. The zero-order valence-electron chi connectivity index (χ0n) is 12.5. The van der Waals surface area contributed by atoms with Crippen molar-refractivity contribution in [2.75, 3.05) is 19.7 Å². The molecule has 0 radical (unpaired) electrons. The minimum Gasteiger partial charge on any atom is -0.490 e. The molecule has 0 bridgehead atoms. The van der Waals surface area contributed by atoms with E-state index in [-0.39, 0.29) is 11.7 Å². The Bertz CT molecular complexity index is 661. The molecule has 1 aliphatic rings. The van der Waals surface area contributed by atoms with Gasteiger partial charge in [0.1, 0.15) is 5.82 Å². The van der Waals surface area contributed by atoms with Crippen LogP contribution >= 0.6 is 0 Å². The van der Waals surface area contributed by atoms with E-state index in [1.807, 2.05) is 6.92 Å². The van der Waals surface area contributed by atoms with Gasteiger partial charge in [-0.1, -0.05) is 0 Å². The van der Waals surface area contributed by atoms with Crippen molar-refractivity contribution in [1.82, 2.24) is 14.7 Å². The van der Waals surface area contributed by atoms with Crippen molar-refractivity contribution in [2.45, 2.75) is 19.8 Å². The number of carbonyl (C=O) groups excluding carboxylic acids is 1. The van der Waals surface area contributed by atoms with Crippen molar-refractivity contribution >= 4 is 5.91 Å². The van der Waals surface area contributed by atoms with Gasteiger partial charge in [-0.05, 0) is 44.0 Å². The van der Waals surface area contributed by atoms with Crippen LogP contribution in [0, 0.1) is 5.82 Å². The van der Waals surface area contributed by atoms with Gasteiger partial charge in [0.25, 0.3) is 5.91 Å². The van der Waals surface area contributed by atoms with Crippen LogP contribution in [-0.2, 0) is 0 Å². The van der Waals surface area contributed by atoms with Crippen LogP contribution in [0.4, 0.5) is 4.39 Å². The van der Waals surface area contributed by atoms with Crippen LogP contribution in [0.3, 0.4) is 0 Å². The van der Waals surface area contributed by atoms with Crippen LogP contribution < -0.4 is 4.74 Å². The van der Waals surface area contributed by atoms with E-state index >= 15 is 0 Å². The molecule has 1 aromatic carbocycles. The number of likely N-dealkylation sites (tertiary alicyclic amines) is 1. The molecule has 2 heterocycles. The molecule has 1 aliphatic heterocycles. The van der Waals surface area contributed by atoms with Gasteiger partial charge in [0.05, 0.1) is 18.5 Å². The number of hydrogen-bond donors (Lipinski definition) is 0. The standard InChI is InChI=1S/C16H18FN3O2/c1-2-22-14-11-20(13-7-5-12(17)6-8-13)18-15(14)16(21)19-9-3-4-10-19/h5-8,11H,2-4,9-10H2,1H3. The fourth-order valence-electron chi connectivity index (χ4n) is 2.56. The number of amides is 1. The number of rotatable bonds is 4. The third kappa shape index (κ3) is 2.81. The number of aromatic nitrogens is 2. The zero-order chi connectivity index (χ0) is 15.5. The van der Waals surface area contributed by atoms with Crippen molar-refractivity contribution in [3.63, 3.8) is 0 Å². The van der Waals surface area contributed by atoms with Gasteiger partial charge in [0.15, 0.2) is 11.4 Å². The second-order valence-electron chi connectivity index (χ2n) is 5.20. The second kappa shape index (κ2) is 6.17. The zero-order valence-corrected chi connectivity index (χ0v) is 12.5. The summed E-state index contributed by atoms with van der Waals surface area (Å²) >= 11 is 0. The highest BCUT2D eigenvalue weighted by atomic mass is 19.1. The van der Waals surface area contributed by atoms with Crippen LogP contribution in [0.5, 0.6) is 5.75 Å². The highest BCUT2D eigenvalue weighted by molar-refractivity contribution is 5.95. The van der Waals surface area contributed by atoms with Gasteiger partial charge in [-0.15, -0.1) is 0 Å². The highest BCUT2D eigenvalue weighted by Gasteiger charge is 2.26. The van der Waals surface area contributed by atoms with Crippen LogP contribution in [-0.4, -0.2) is 40.3 Å². The normalized spacial score (nSPS) is 14.4. The van der Waals surface area contributed by atoms with Gasteiger partial charge in [-0.25, -0.2) is 9.07 Å². The van der Waals surface area contributed by atoms with Crippen molar-refractivity contribution in [1.29, 1.82) is 0 Å². The number of halogens is 1. The van der Waals surface area contributed by atoms with E-state index in [4.69, 9.17) is 4.74 Å². The lowest BCUT2D eigenvalue weighted by Crippen LogP contribution is -2.28. The summed E-state index contributed by atoms with van der Waals surface area (Å²) in [5.74, 6) is 0.0415. The van der Waals surface area contributed by atoms with E-state index < -0.39 is 0 Å². The Morgan fingerprint density at radius 1 is 1.27 bits per heavy atom. The summed E-state index contributed by atoms with van der Waals surface area (Å²) in [6, 6.07) is 5.95. The number of hydrogen-bond acceptors (Lipinski definition) is 3. The number of nitrogens with zero attached hydrogens (tertiary/aromatic N) is 3. The quantitative estimate of drug-likeness (QED) is 0.872. The second-order valence-corrected chi connectivity index (χ2v) is 5.20. The topological polar surface area (TPSA) is 47.4 Å². The van der Waals surface area contributed by atoms with E-state index in [2.05, 4.69) is 5.10 Å². The molecule has 3 rings (SSSR count). The summed E-state index contributed by atoms with van der Waals surface area (Å²) in [5.41, 5.74) is 0.996. The van der Waals surface area contributed by atoms with Gasteiger partial charge in [-0.3, -0.25) is 4.79 Å². The summed E-state index contributed by atoms with van der Waals surface area (Å²) in [6.07, 6.45) is 3.71. The van der Waals surface area contributed by atoms with Crippen molar-refractivity contribution in [3.8, 4) is 11.4 Å². The largest absolute Gasteiger partial charge is 0.490 e. The SMILES string of the molecule is CCOc1cn(-c2ccc(F)cc2)nc1C(=O)N1CCCC1. The minimum atomic E-state index is -0.311. The first-order valence-electron chi connectivity index (χ1n) is 7.46. The molecule has 0 spiro atoms. The molecule has 0 N–H and O–H groups in total. The minimum absolute atomic E-state index is 0.109. The Balaban J connectivity index is 1.94. The summed E-state index contributed by atoms with van der Waals surface area (Å²) in [5, 5.41) is 4.35. The first-order valence-corrected chi connectivity index (χ1v) is 7.46. The summed E-state index contributed by atoms with van der Waals surface area (Å²) in [6.45, 7) is 3.83. The highest BCUT2D eigenvalue weighted by Crippen LogP contribution is 2.23. The van der Waals surface area contributed by atoms with Crippen molar-refractivity contribution in [3.05, 3.63) is 42.0 Å². The molecule has 1 saturated heterocycles. The Labute approximate surface area is 128 Å². The molecule has 6 heteroatoms. The predicted octanol–water partition coefficient (Wildman–Crippen LogP) is 2.65. The molecule has 0 saturated carbocycles. The maximum atomic E-state index is 13.0. The first-order chi connectivity index (χ1) is 10.7. The molecular weight excluding hydrogens is 285 g/mol. The maximum Gasteiger partial charge on any atom is 0.278 e. The Kier molecular flexibility index (Phi) is 4.09. The van der Waals surface area contributed by atoms with Crippen LogP contribution in [0.2, 0.25) is 0 Å². The van der Waals surface area contributed by atoms with E-state index in [0.717, 1.165) is 25.9 Å². The fraction of sp³-hybridized carbons (Fsp3) is 0.375. The van der Waals surface area contributed by atoms with Gasteiger partial charge in [0, 0.05) is 13.1 Å². The van der Waals surface area contributed by atoms with Crippen molar-refractivity contribution < 1.29 is 13.9 Å². The third-order valence-corrected chi connectivity index (χ3v) is 3.67. The van der Waals surface area contributed by atoms with Gasteiger partial charge in [-0.2, -0.15) is 5.10 Å². The van der Waals surface area contributed by atoms with Crippen LogP contribution in [0.15, 0.2) is 30.5 Å². The van der Waals surface area contributed by atoms with Gasteiger partial charge in [0.2, 0.25) is 0 Å². The molecule has 0 aliphatic carbocycles. The van der Waals surface area contributed by atoms with E-state index in [1.165, 1.54) is 12.1 Å². The molecule has 0 atom stereocenters. The molecule has 1 fully saturated rings. The summed E-state index contributed by atoms with van der Waals surface area (Å²) in [7, 11) is 0. The number of ether oxygens (including phenoxy) is 1. The lowest BCUT2D eigenvalue weighted by Gasteiger charge is -2.14. The fourth-order valence-corrected chi connectivity index (χ4v) is 2.56. The lowest BCUT2D eigenvalue weighted by atomic mass is 10.3. The van der Waals surface area contributed by atoms with E-state index in [1.54, 1.807) is 27.9 Å². The monoisotopic (exact) mass is 303 g/mol. The molecule has 5 nitrogen and oxygen atoms in total. The summed E-state index contributed by atoms with van der Waals surface area (Å²) in [4.78, 5) is 14.3. The Morgan fingerprint density at radius 3 is 2.59 bits per heavy atom. The molecule has 2 aromatic rings. The number of carbonyl (C=O) groups is 1. The average molecular weight is 303 g/mol. The molecule has 1 aromatic heterocycles. The average Bonchev–Trinajstić information content (AvgIpc) is 3.17. The van der Waals surface area contributed by atoms with Gasteiger partial charge < -0.3 is 9.64 Å². The lowest BCUT2D eigenvalue weighted by molar-refractivity contribution is 0.0782. The predicted molar refractivity (Wildman–Crippen MR) is 79.8 cm³/mol. The Hall–Kier alpha value is -2.37. The van der Waals surface area contributed by atoms with E-state index in [9.17, 15) is 9.18 Å². The van der Waals surface area contributed by atoms with Crippen LogP contribution in [0.25, 0.3) is 5.69 Å². The van der Waals surface area contributed by atoms with E-state index in [0.29, 0.717) is 23.7 Å². The molecular formula is C16H18FN3O2. The summed E-state index contributed by atoms with van der Waals surface area (Å²) < 4.78 is 20.1. The maximum absolute atomic E-state index is 13.0. The molecule has 22 heavy (non-hydrogen) atoms. The smallest absolute Gasteiger partial charge is 0.278 e. The molecule has 0 unspecified atom stereocenters. The molecule has 116 valence electrons. The molecule has 1 amide bonds. The number of benzene rings is 1.